The lowest BCUT2D eigenvalue weighted by atomic mass is 9.96. The van der Waals surface area contributed by atoms with E-state index in [2.05, 4.69) is 20.6 Å². The number of hydrogen-bond acceptors (Lipinski definition) is 6. The molecule has 1 aliphatic heterocycles. The zero-order valence-corrected chi connectivity index (χ0v) is 16.8. The van der Waals surface area contributed by atoms with Crippen LogP contribution in [0.1, 0.15) is 18.7 Å². The van der Waals surface area contributed by atoms with Gasteiger partial charge < -0.3 is 15.0 Å². The molecule has 0 saturated carbocycles. The fourth-order valence-corrected chi connectivity index (χ4v) is 3.54. The average molecular weight is 452 g/mol. The Balaban J connectivity index is 1.28. The van der Waals surface area contributed by atoms with Gasteiger partial charge in [-0.1, -0.05) is 6.07 Å². The topological polar surface area (TPSA) is 84.6 Å². The normalized spacial score (nSPS) is 15.2. The summed E-state index contributed by atoms with van der Waals surface area (Å²) in [6, 6.07) is 8.77. The van der Waals surface area contributed by atoms with Gasteiger partial charge in [-0.25, -0.2) is 4.39 Å². The minimum atomic E-state index is -4.66. The smallest absolute Gasteiger partial charge is 0.453 e. The second-order valence-corrected chi connectivity index (χ2v) is 7.34. The third kappa shape index (κ3) is 4.89. The highest BCUT2D eigenvalue weighted by molar-refractivity contribution is 5.79. The van der Waals surface area contributed by atoms with E-state index in [4.69, 9.17) is 4.74 Å². The first-order valence-electron chi connectivity index (χ1n) is 10.0. The molecule has 32 heavy (non-hydrogen) atoms. The van der Waals surface area contributed by atoms with E-state index in [1.54, 1.807) is 12.1 Å². The van der Waals surface area contributed by atoms with E-state index in [0.717, 1.165) is 0 Å². The number of alkyl halides is 3. The van der Waals surface area contributed by atoms with Crippen molar-refractivity contribution >= 4 is 17.4 Å². The third-order valence-electron chi connectivity index (χ3n) is 5.16. The van der Waals surface area contributed by atoms with Crippen LogP contribution in [-0.4, -0.2) is 52.0 Å². The molecule has 4 rings (SSSR count). The number of rotatable bonds is 6. The molecule has 0 bridgehead atoms. The van der Waals surface area contributed by atoms with Crippen molar-refractivity contribution in [3.8, 4) is 5.75 Å². The number of carbonyl (C=O) groups is 1. The van der Waals surface area contributed by atoms with Crippen molar-refractivity contribution in [3.63, 3.8) is 0 Å². The molecule has 1 fully saturated rings. The quantitative estimate of drug-likeness (QED) is 0.457. The molecule has 3 heterocycles. The van der Waals surface area contributed by atoms with Crippen LogP contribution in [0.15, 0.2) is 36.4 Å². The van der Waals surface area contributed by atoms with Gasteiger partial charge in [0.25, 0.3) is 5.82 Å². The highest BCUT2D eigenvalue weighted by Crippen LogP contribution is 2.28. The molecular weight excluding hydrogens is 432 g/mol. The van der Waals surface area contributed by atoms with Crippen LogP contribution in [0, 0.1) is 11.7 Å². The maximum Gasteiger partial charge on any atom is 0.453 e. The molecule has 1 saturated heterocycles. The zero-order valence-electron chi connectivity index (χ0n) is 16.8. The Labute approximate surface area is 180 Å². The lowest BCUT2D eigenvalue weighted by Crippen LogP contribution is -2.41. The fourth-order valence-electron chi connectivity index (χ4n) is 3.54. The second-order valence-electron chi connectivity index (χ2n) is 7.34. The number of benzene rings is 1. The summed E-state index contributed by atoms with van der Waals surface area (Å²) in [7, 11) is 0. The Morgan fingerprint density at radius 2 is 1.94 bits per heavy atom. The highest BCUT2D eigenvalue weighted by atomic mass is 19.4. The molecule has 1 amide bonds. The van der Waals surface area contributed by atoms with Crippen molar-refractivity contribution in [1.29, 1.82) is 0 Å². The van der Waals surface area contributed by atoms with Gasteiger partial charge in [-0.3, -0.25) is 4.79 Å². The van der Waals surface area contributed by atoms with E-state index < -0.39 is 17.8 Å². The SMILES string of the molecule is O=C(NCCOc1cccc(F)c1)C1CCN(c2ccc3nnc(C(F)(F)F)n3n2)CC1. The third-order valence-corrected chi connectivity index (χ3v) is 5.16. The van der Waals surface area contributed by atoms with Gasteiger partial charge in [0.1, 0.15) is 24.0 Å². The average Bonchev–Trinajstić information content (AvgIpc) is 3.21. The van der Waals surface area contributed by atoms with Crippen LogP contribution < -0.4 is 15.0 Å². The maximum absolute atomic E-state index is 13.1. The molecule has 0 radical (unpaired) electrons. The Bertz CT molecular complexity index is 1100. The van der Waals surface area contributed by atoms with Crippen LogP contribution in [-0.2, 0) is 11.0 Å². The number of aromatic nitrogens is 4. The summed E-state index contributed by atoms with van der Waals surface area (Å²) in [5.41, 5.74) is 0.01000. The van der Waals surface area contributed by atoms with Gasteiger partial charge in [0.05, 0.1) is 6.54 Å². The van der Waals surface area contributed by atoms with Crippen LogP contribution in [0.3, 0.4) is 0 Å². The molecule has 1 aromatic carbocycles. The van der Waals surface area contributed by atoms with E-state index in [0.29, 0.717) is 42.0 Å². The van der Waals surface area contributed by atoms with Crippen molar-refractivity contribution in [2.75, 3.05) is 31.1 Å². The summed E-state index contributed by atoms with van der Waals surface area (Å²) in [6.45, 7) is 1.43. The molecule has 1 N–H and O–H groups in total. The van der Waals surface area contributed by atoms with Crippen LogP contribution >= 0.6 is 0 Å². The van der Waals surface area contributed by atoms with Crippen molar-refractivity contribution in [3.05, 3.63) is 48.0 Å². The molecule has 1 aliphatic rings. The van der Waals surface area contributed by atoms with Crippen LogP contribution in [0.2, 0.25) is 0 Å². The van der Waals surface area contributed by atoms with E-state index in [-0.39, 0.29) is 30.6 Å². The Morgan fingerprint density at radius 3 is 2.66 bits per heavy atom. The molecule has 3 aromatic rings. The number of ether oxygens (including phenoxy) is 1. The van der Waals surface area contributed by atoms with E-state index in [9.17, 15) is 22.4 Å². The monoisotopic (exact) mass is 452 g/mol. The molecule has 170 valence electrons. The second kappa shape index (κ2) is 8.97. The maximum atomic E-state index is 13.1. The van der Waals surface area contributed by atoms with Crippen molar-refractivity contribution in [2.24, 2.45) is 5.92 Å². The first-order valence-corrected chi connectivity index (χ1v) is 10.0. The molecule has 0 aliphatic carbocycles. The Morgan fingerprint density at radius 1 is 1.16 bits per heavy atom. The number of fused-ring (bicyclic) bond motifs is 1. The standard InChI is InChI=1S/C20H20F4N6O2/c21-14-2-1-3-15(12-14)32-11-8-25-18(31)13-6-9-29(10-7-13)17-5-4-16-26-27-19(20(22,23)24)30(16)28-17/h1-5,12-13H,6-11H2,(H,25,31). The number of carbonyl (C=O) groups excluding carboxylic acids is 1. The van der Waals surface area contributed by atoms with Gasteiger partial charge in [-0.05, 0) is 37.1 Å². The number of halogens is 4. The summed E-state index contributed by atoms with van der Waals surface area (Å²) >= 11 is 0. The van der Waals surface area contributed by atoms with Crippen molar-refractivity contribution in [1.82, 2.24) is 25.1 Å². The molecule has 0 atom stereocenters. The Kier molecular flexibility index (Phi) is 6.10. The summed E-state index contributed by atoms with van der Waals surface area (Å²) in [4.78, 5) is 14.2. The lowest BCUT2D eigenvalue weighted by molar-refractivity contribution is -0.146. The van der Waals surface area contributed by atoms with Gasteiger partial charge in [-0.2, -0.15) is 17.7 Å². The summed E-state index contributed by atoms with van der Waals surface area (Å²) in [6.07, 6.45) is -3.59. The molecule has 0 spiro atoms. The molecule has 8 nitrogen and oxygen atoms in total. The van der Waals surface area contributed by atoms with E-state index in [1.165, 1.54) is 24.3 Å². The number of nitrogens with zero attached hydrogens (tertiary/aromatic N) is 5. The van der Waals surface area contributed by atoms with Crippen molar-refractivity contribution in [2.45, 2.75) is 19.0 Å². The van der Waals surface area contributed by atoms with Gasteiger partial charge in [0.15, 0.2) is 5.65 Å². The fraction of sp³-hybridized carbons (Fsp3) is 0.400. The van der Waals surface area contributed by atoms with Crippen LogP contribution in [0.25, 0.3) is 5.65 Å². The predicted molar refractivity (Wildman–Crippen MR) is 106 cm³/mol. The van der Waals surface area contributed by atoms with E-state index >= 15 is 0 Å². The first-order chi connectivity index (χ1) is 15.3. The van der Waals surface area contributed by atoms with Crippen LogP contribution in [0.4, 0.5) is 23.4 Å². The lowest BCUT2D eigenvalue weighted by Gasteiger charge is -2.32. The number of piperidine rings is 1. The minimum absolute atomic E-state index is 0.01000. The molecular formula is C20H20F4N6O2. The van der Waals surface area contributed by atoms with Crippen molar-refractivity contribution < 1.29 is 27.1 Å². The summed E-state index contributed by atoms with van der Waals surface area (Å²) < 4.78 is 58.4. The predicted octanol–water partition coefficient (Wildman–Crippen LogP) is 2.69. The van der Waals surface area contributed by atoms with Gasteiger partial charge in [-0.15, -0.1) is 15.3 Å². The van der Waals surface area contributed by atoms with Gasteiger partial charge >= 0.3 is 6.18 Å². The summed E-state index contributed by atoms with van der Waals surface area (Å²) in [5, 5.41) is 13.5. The van der Waals surface area contributed by atoms with Crippen LogP contribution in [0.5, 0.6) is 5.75 Å². The van der Waals surface area contributed by atoms with E-state index in [1.807, 2.05) is 4.90 Å². The first kappa shape index (κ1) is 21.8. The number of nitrogens with one attached hydrogen (secondary N) is 1. The molecule has 0 unspecified atom stereocenters. The zero-order chi connectivity index (χ0) is 22.7. The largest absolute Gasteiger partial charge is 0.492 e. The molecule has 2 aromatic heterocycles. The minimum Gasteiger partial charge on any atom is -0.492 e. The number of anilines is 1. The molecule has 12 heteroatoms. The van der Waals surface area contributed by atoms with Gasteiger partial charge in [0.2, 0.25) is 5.91 Å². The Hall–Kier alpha value is -3.44. The van der Waals surface area contributed by atoms with Gasteiger partial charge in [0, 0.05) is 25.1 Å². The number of hydrogen-bond donors (Lipinski definition) is 1. The number of amides is 1. The highest BCUT2D eigenvalue weighted by Gasteiger charge is 2.38. The summed E-state index contributed by atoms with van der Waals surface area (Å²) in [5.74, 6) is -1.15.